The standard InChI is InChI=1S/C20H23NO6/c1-24-16-6-4-5-14(9-16)11-20(23)27-13-19(22)21-12-15-7-8-17(25-2)18(10-15)26-3/h4-10H,11-13H2,1-3H3,(H,21,22). The highest BCUT2D eigenvalue weighted by Crippen LogP contribution is 2.27. The van der Waals surface area contributed by atoms with Gasteiger partial charge in [0.15, 0.2) is 18.1 Å². The van der Waals surface area contributed by atoms with E-state index in [-0.39, 0.29) is 25.5 Å². The van der Waals surface area contributed by atoms with Gasteiger partial charge in [0.25, 0.3) is 5.91 Å². The number of nitrogens with one attached hydrogen (secondary N) is 1. The van der Waals surface area contributed by atoms with Gasteiger partial charge in [0, 0.05) is 6.54 Å². The van der Waals surface area contributed by atoms with Gasteiger partial charge in [0.05, 0.1) is 27.8 Å². The number of rotatable bonds is 9. The molecule has 1 amide bonds. The second kappa shape index (κ2) is 10.1. The summed E-state index contributed by atoms with van der Waals surface area (Å²) in [6.45, 7) is -0.0529. The fourth-order valence-electron chi connectivity index (χ4n) is 2.39. The maximum atomic E-state index is 11.9. The van der Waals surface area contributed by atoms with E-state index in [1.165, 1.54) is 0 Å². The van der Waals surface area contributed by atoms with Crippen molar-refractivity contribution in [3.05, 3.63) is 53.6 Å². The molecule has 0 aromatic heterocycles. The molecular weight excluding hydrogens is 350 g/mol. The zero-order chi connectivity index (χ0) is 19.6. The minimum Gasteiger partial charge on any atom is -0.497 e. The van der Waals surface area contributed by atoms with E-state index in [0.717, 1.165) is 11.1 Å². The van der Waals surface area contributed by atoms with Gasteiger partial charge in [0.1, 0.15) is 5.75 Å². The summed E-state index contributed by atoms with van der Waals surface area (Å²) in [7, 11) is 4.65. The van der Waals surface area contributed by atoms with E-state index in [1.54, 1.807) is 57.7 Å². The molecule has 0 aliphatic heterocycles. The number of benzene rings is 2. The topological polar surface area (TPSA) is 83.1 Å². The third-order valence-corrected chi connectivity index (χ3v) is 3.78. The number of ether oxygens (including phenoxy) is 4. The highest BCUT2D eigenvalue weighted by molar-refractivity contribution is 5.81. The van der Waals surface area contributed by atoms with Crippen LogP contribution >= 0.6 is 0 Å². The maximum absolute atomic E-state index is 11.9. The van der Waals surface area contributed by atoms with Crippen molar-refractivity contribution in [1.82, 2.24) is 5.32 Å². The van der Waals surface area contributed by atoms with Crippen LogP contribution < -0.4 is 19.5 Å². The molecule has 144 valence electrons. The third-order valence-electron chi connectivity index (χ3n) is 3.78. The van der Waals surface area contributed by atoms with Crippen molar-refractivity contribution >= 4 is 11.9 Å². The Labute approximate surface area is 158 Å². The first-order valence-electron chi connectivity index (χ1n) is 8.32. The van der Waals surface area contributed by atoms with Gasteiger partial charge in [-0.1, -0.05) is 18.2 Å². The van der Waals surface area contributed by atoms with Crippen molar-refractivity contribution < 1.29 is 28.5 Å². The molecule has 0 unspecified atom stereocenters. The molecule has 7 nitrogen and oxygen atoms in total. The van der Waals surface area contributed by atoms with Gasteiger partial charge in [0.2, 0.25) is 0 Å². The van der Waals surface area contributed by atoms with Crippen LogP contribution in [0.15, 0.2) is 42.5 Å². The molecule has 0 bridgehead atoms. The molecule has 0 spiro atoms. The molecule has 27 heavy (non-hydrogen) atoms. The number of amides is 1. The molecule has 0 fully saturated rings. The Morgan fingerprint density at radius 3 is 2.37 bits per heavy atom. The molecule has 2 aromatic rings. The smallest absolute Gasteiger partial charge is 0.310 e. The number of carbonyl (C=O) groups is 2. The Hall–Kier alpha value is -3.22. The molecule has 0 saturated heterocycles. The number of hydrogen-bond acceptors (Lipinski definition) is 6. The lowest BCUT2D eigenvalue weighted by Crippen LogP contribution is -2.28. The minimum absolute atomic E-state index is 0.0696. The summed E-state index contributed by atoms with van der Waals surface area (Å²) in [4.78, 5) is 23.8. The summed E-state index contributed by atoms with van der Waals surface area (Å²) in [6.07, 6.45) is 0.0696. The molecule has 0 radical (unpaired) electrons. The second-order valence-corrected chi connectivity index (χ2v) is 5.66. The summed E-state index contributed by atoms with van der Waals surface area (Å²) in [6, 6.07) is 12.5. The van der Waals surface area contributed by atoms with Gasteiger partial charge in [-0.2, -0.15) is 0 Å². The number of esters is 1. The maximum Gasteiger partial charge on any atom is 0.310 e. The molecule has 0 aliphatic rings. The zero-order valence-electron chi connectivity index (χ0n) is 15.6. The summed E-state index contributed by atoms with van der Waals surface area (Å²) >= 11 is 0. The Morgan fingerprint density at radius 1 is 0.889 bits per heavy atom. The van der Waals surface area contributed by atoms with Crippen molar-refractivity contribution in [2.24, 2.45) is 0 Å². The largest absolute Gasteiger partial charge is 0.497 e. The average Bonchev–Trinajstić information content (AvgIpc) is 2.70. The first-order valence-corrected chi connectivity index (χ1v) is 8.32. The SMILES string of the molecule is COc1cccc(CC(=O)OCC(=O)NCc2ccc(OC)c(OC)c2)c1. The number of carbonyl (C=O) groups excluding carboxylic acids is 2. The Balaban J connectivity index is 1.78. The molecule has 2 aromatic carbocycles. The summed E-state index contributed by atoms with van der Waals surface area (Å²) in [5.74, 6) is 0.981. The Morgan fingerprint density at radius 2 is 1.67 bits per heavy atom. The lowest BCUT2D eigenvalue weighted by Gasteiger charge is -2.10. The highest BCUT2D eigenvalue weighted by atomic mass is 16.5. The highest BCUT2D eigenvalue weighted by Gasteiger charge is 2.10. The molecule has 2 rings (SSSR count). The van der Waals surface area contributed by atoms with Crippen LogP contribution in [0.1, 0.15) is 11.1 Å². The summed E-state index contributed by atoms with van der Waals surface area (Å²) < 4.78 is 20.5. The lowest BCUT2D eigenvalue weighted by atomic mass is 10.1. The molecular formula is C20H23NO6. The fourth-order valence-corrected chi connectivity index (χ4v) is 2.39. The molecule has 7 heteroatoms. The van der Waals surface area contributed by atoms with Crippen molar-refractivity contribution in [2.75, 3.05) is 27.9 Å². The molecule has 1 N–H and O–H groups in total. The predicted molar refractivity (Wildman–Crippen MR) is 99.0 cm³/mol. The van der Waals surface area contributed by atoms with E-state index in [0.29, 0.717) is 17.2 Å². The molecule has 0 heterocycles. The van der Waals surface area contributed by atoms with Crippen molar-refractivity contribution in [3.63, 3.8) is 0 Å². The van der Waals surface area contributed by atoms with Gasteiger partial charge in [-0.15, -0.1) is 0 Å². The van der Waals surface area contributed by atoms with E-state index in [1.807, 2.05) is 6.07 Å². The van der Waals surface area contributed by atoms with E-state index >= 15 is 0 Å². The average molecular weight is 373 g/mol. The van der Waals surface area contributed by atoms with Crippen LogP contribution in [0.3, 0.4) is 0 Å². The van der Waals surface area contributed by atoms with Crippen LogP contribution in [0, 0.1) is 0 Å². The van der Waals surface area contributed by atoms with Crippen LogP contribution in [0.5, 0.6) is 17.2 Å². The quantitative estimate of drug-likeness (QED) is 0.678. The first kappa shape index (κ1) is 20.1. The van der Waals surface area contributed by atoms with E-state index in [4.69, 9.17) is 18.9 Å². The molecule has 0 atom stereocenters. The fraction of sp³-hybridized carbons (Fsp3) is 0.300. The van der Waals surface area contributed by atoms with E-state index < -0.39 is 5.97 Å². The van der Waals surface area contributed by atoms with Gasteiger partial charge < -0.3 is 24.3 Å². The zero-order valence-corrected chi connectivity index (χ0v) is 15.6. The summed E-state index contributed by atoms with van der Waals surface area (Å²) in [5, 5.41) is 2.69. The third kappa shape index (κ3) is 6.22. The van der Waals surface area contributed by atoms with Gasteiger partial charge >= 0.3 is 5.97 Å². The van der Waals surface area contributed by atoms with Crippen molar-refractivity contribution in [2.45, 2.75) is 13.0 Å². The number of hydrogen-bond donors (Lipinski definition) is 1. The Kier molecular flexibility index (Phi) is 7.49. The minimum atomic E-state index is -0.482. The lowest BCUT2D eigenvalue weighted by molar-refractivity contribution is -0.147. The van der Waals surface area contributed by atoms with Crippen LogP contribution in [0.4, 0.5) is 0 Å². The van der Waals surface area contributed by atoms with Crippen LogP contribution in [-0.4, -0.2) is 39.8 Å². The van der Waals surface area contributed by atoms with Crippen LogP contribution in [0.25, 0.3) is 0 Å². The van der Waals surface area contributed by atoms with Gasteiger partial charge in [-0.25, -0.2) is 0 Å². The van der Waals surface area contributed by atoms with Crippen LogP contribution in [-0.2, 0) is 27.3 Å². The molecule has 0 saturated carbocycles. The van der Waals surface area contributed by atoms with Gasteiger partial charge in [-0.3, -0.25) is 9.59 Å². The van der Waals surface area contributed by atoms with Crippen molar-refractivity contribution in [3.8, 4) is 17.2 Å². The Bertz CT molecular complexity index is 790. The first-order chi connectivity index (χ1) is 13.0. The second-order valence-electron chi connectivity index (χ2n) is 5.66. The van der Waals surface area contributed by atoms with E-state index in [2.05, 4.69) is 5.32 Å². The monoisotopic (exact) mass is 373 g/mol. The van der Waals surface area contributed by atoms with Gasteiger partial charge in [-0.05, 0) is 35.4 Å². The predicted octanol–water partition coefficient (Wildman–Crippen LogP) is 2.11. The summed E-state index contributed by atoms with van der Waals surface area (Å²) in [5.41, 5.74) is 1.59. The van der Waals surface area contributed by atoms with Crippen molar-refractivity contribution in [1.29, 1.82) is 0 Å². The molecule has 0 aliphatic carbocycles. The van der Waals surface area contributed by atoms with E-state index in [9.17, 15) is 9.59 Å². The van der Waals surface area contributed by atoms with Crippen LogP contribution in [0.2, 0.25) is 0 Å². The number of methoxy groups -OCH3 is 3. The normalized spacial score (nSPS) is 10.0.